The number of rotatable bonds is 8. The number of carboxylic acid groups (broad SMARTS) is 1. The van der Waals surface area contributed by atoms with Crippen molar-refractivity contribution in [3.05, 3.63) is 35.5 Å². The number of ether oxygens (including phenoxy) is 1. The van der Waals surface area contributed by atoms with E-state index in [2.05, 4.69) is 65.6 Å². The fourth-order valence-electron chi connectivity index (χ4n) is 14.1. The lowest BCUT2D eigenvalue weighted by atomic mass is 9.33. The van der Waals surface area contributed by atoms with E-state index in [1.54, 1.807) is 0 Å². The van der Waals surface area contributed by atoms with Crippen LogP contribution in [0.1, 0.15) is 125 Å². The van der Waals surface area contributed by atoms with Crippen molar-refractivity contribution in [1.82, 2.24) is 5.32 Å². The Hall–Kier alpha value is -1.50. The summed E-state index contributed by atoms with van der Waals surface area (Å²) in [5.41, 5.74) is 3.02. The van der Waals surface area contributed by atoms with Gasteiger partial charge in [0.15, 0.2) is 0 Å². The number of fused-ring (bicyclic) bond motifs is 7. The van der Waals surface area contributed by atoms with E-state index in [-0.39, 0.29) is 27.2 Å². The molecule has 10 atom stereocenters. The van der Waals surface area contributed by atoms with E-state index in [1.165, 1.54) is 68.1 Å². The van der Waals surface area contributed by atoms with Gasteiger partial charge in [0, 0.05) is 5.54 Å². The van der Waals surface area contributed by atoms with Gasteiger partial charge in [0.25, 0.3) is 0 Å². The van der Waals surface area contributed by atoms with Gasteiger partial charge >= 0.3 is 5.97 Å². The molecule has 1 heterocycles. The second-order valence-corrected chi connectivity index (χ2v) is 19.4. The molecule has 3 N–H and O–H groups in total. The monoisotopic (exact) mass is 665 g/mol. The first kappa shape index (κ1) is 34.9. The summed E-state index contributed by atoms with van der Waals surface area (Å²) in [6.07, 6.45) is 17.8. The zero-order valence-corrected chi connectivity index (χ0v) is 30.9. The molecule has 6 heteroatoms. The van der Waals surface area contributed by atoms with E-state index >= 15 is 0 Å². The second kappa shape index (κ2) is 11.5. The number of allylic oxidation sites excluding steroid dienone is 5. The van der Waals surface area contributed by atoms with Gasteiger partial charge in [-0.1, -0.05) is 58.9 Å². The summed E-state index contributed by atoms with van der Waals surface area (Å²) < 4.78 is 19.3. The number of aliphatic carboxylic acids is 1. The van der Waals surface area contributed by atoms with E-state index in [1.807, 2.05) is 0 Å². The minimum atomic E-state index is -1.25. The third-order valence-corrected chi connectivity index (χ3v) is 17.1. The van der Waals surface area contributed by atoms with E-state index in [4.69, 9.17) is 4.74 Å². The summed E-state index contributed by atoms with van der Waals surface area (Å²) in [5.74, 6) is 2.05. The van der Waals surface area contributed by atoms with E-state index in [9.17, 15) is 19.4 Å². The van der Waals surface area contributed by atoms with Crippen molar-refractivity contribution >= 4 is 5.97 Å². The number of aliphatic hydroxyl groups is 1. The molecule has 7 aliphatic rings. The predicted molar refractivity (Wildman–Crippen MR) is 189 cm³/mol. The summed E-state index contributed by atoms with van der Waals surface area (Å²) in [6.45, 7) is 20.8. The van der Waals surface area contributed by atoms with Gasteiger partial charge in [0.2, 0.25) is 0 Å². The molecule has 48 heavy (non-hydrogen) atoms. The van der Waals surface area contributed by atoms with Crippen LogP contribution in [0.2, 0.25) is 0 Å². The number of nitrogens with one attached hydrogen (secondary N) is 1. The topological polar surface area (TPSA) is 78.8 Å². The Kier molecular flexibility index (Phi) is 8.37. The fraction of sp³-hybridized carbons (Fsp3) is 0.833. The molecular weight excluding hydrogens is 601 g/mol. The van der Waals surface area contributed by atoms with E-state index < -0.39 is 23.7 Å². The molecule has 5 nitrogen and oxygen atoms in total. The van der Waals surface area contributed by atoms with Gasteiger partial charge in [-0.05, 0) is 159 Å². The molecule has 1 saturated heterocycles. The minimum Gasteiger partial charge on any atom is -0.481 e. The van der Waals surface area contributed by atoms with Crippen molar-refractivity contribution in [2.24, 2.45) is 56.7 Å². The maximum atomic E-state index is 13.9. The predicted octanol–water partition coefficient (Wildman–Crippen LogP) is 8.82. The average molecular weight is 666 g/mol. The second-order valence-electron chi connectivity index (χ2n) is 19.4. The third-order valence-electron chi connectivity index (χ3n) is 17.1. The molecule has 0 radical (unpaired) electrons. The van der Waals surface area contributed by atoms with Crippen molar-refractivity contribution in [1.29, 1.82) is 0 Å². The highest BCUT2D eigenvalue weighted by molar-refractivity contribution is 5.75. The highest BCUT2D eigenvalue weighted by Crippen LogP contribution is 2.76. The third kappa shape index (κ3) is 4.80. The maximum Gasteiger partial charge on any atom is 0.312 e. The zero-order valence-electron chi connectivity index (χ0n) is 30.9. The van der Waals surface area contributed by atoms with Crippen LogP contribution in [-0.2, 0) is 9.53 Å². The molecule has 1 aliphatic heterocycles. The highest BCUT2D eigenvalue weighted by Gasteiger charge is 2.70. The molecular formula is C42H64FNO4. The van der Waals surface area contributed by atoms with E-state index in [0.717, 1.165) is 19.4 Å². The number of carboxylic acids is 1. The fourth-order valence-corrected chi connectivity index (χ4v) is 14.1. The van der Waals surface area contributed by atoms with Crippen LogP contribution in [0.15, 0.2) is 35.5 Å². The van der Waals surface area contributed by atoms with Crippen LogP contribution in [0.4, 0.5) is 4.39 Å². The molecule has 0 bridgehead atoms. The van der Waals surface area contributed by atoms with Crippen molar-refractivity contribution < 1.29 is 24.1 Å². The molecule has 5 fully saturated rings. The Labute approximate surface area is 289 Å². The van der Waals surface area contributed by atoms with Gasteiger partial charge in [-0.2, -0.15) is 0 Å². The first-order chi connectivity index (χ1) is 22.5. The van der Waals surface area contributed by atoms with Crippen LogP contribution in [-0.4, -0.2) is 53.8 Å². The first-order valence-corrected chi connectivity index (χ1v) is 19.4. The molecule has 268 valence electrons. The van der Waals surface area contributed by atoms with Crippen LogP contribution in [0.5, 0.6) is 0 Å². The van der Waals surface area contributed by atoms with E-state index in [0.29, 0.717) is 62.1 Å². The maximum absolute atomic E-state index is 13.9. The molecule has 7 rings (SSSR count). The molecule has 6 aliphatic carbocycles. The van der Waals surface area contributed by atoms with Crippen molar-refractivity contribution in [3.8, 4) is 0 Å². The van der Waals surface area contributed by atoms with Gasteiger partial charge in [0.05, 0.1) is 18.6 Å². The quantitative estimate of drug-likeness (QED) is 0.226. The Morgan fingerprint density at radius 2 is 1.71 bits per heavy atom. The number of alkyl halides is 1. The van der Waals surface area contributed by atoms with Gasteiger partial charge in [-0.25, -0.2) is 4.39 Å². The zero-order chi connectivity index (χ0) is 34.5. The lowest BCUT2D eigenvalue weighted by Crippen LogP contribution is -2.68. The van der Waals surface area contributed by atoms with Gasteiger partial charge in [0.1, 0.15) is 12.3 Å². The molecule has 0 spiro atoms. The van der Waals surface area contributed by atoms with Crippen molar-refractivity contribution in [3.63, 3.8) is 0 Å². The molecule has 0 aromatic carbocycles. The number of carbonyl (C=O) groups is 1. The van der Waals surface area contributed by atoms with Crippen LogP contribution >= 0.6 is 0 Å². The molecule has 0 amide bonds. The molecule has 0 aromatic rings. The molecule has 0 unspecified atom stereocenters. The Bertz CT molecular complexity index is 1400. The van der Waals surface area contributed by atoms with Crippen LogP contribution < -0.4 is 5.32 Å². The lowest BCUT2D eigenvalue weighted by molar-refractivity contribution is -0.221. The summed E-state index contributed by atoms with van der Waals surface area (Å²) in [4.78, 5) is 12.0. The summed E-state index contributed by atoms with van der Waals surface area (Å²) in [7, 11) is 0. The molecule has 4 saturated carbocycles. The summed E-state index contributed by atoms with van der Waals surface area (Å²) in [5, 5.41) is 24.7. The SMILES string of the molecule is C=C(C)[C@@H]1CC[C@]2(NCCC3(O)COC3)CC[C@]3(C)[C@H](CC[C@@H]4[C@@]5(C)CC=C(C6=CC[C@@](CF)(C(=O)O)CC6)C(C)(C)[C@@H]5CC[C@]43C)[C@@H]12. The van der Waals surface area contributed by atoms with Crippen molar-refractivity contribution in [2.75, 3.05) is 26.4 Å². The average Bonchev–Trinajstić information content (AvgIpc) is 3.40. The van der Waals surface area contributed by atoms with Gasteiger partial charge in [-0.15, -0.1) is 0 Å². The smallest absolute Gasteiger partial charge is 0.312 e. The molecule has 0 aromatic heterocycles. The van der Waals surface area contributed by atoms with Crippen molar-refractivity contribution in [2.45, 2.75) is 136 Å². The number of hydrogen-bond acceptors (Lipinski definition) is 4. The standard InChI is InChI=1S/C42H64FNO4/c1-27(2)29-12-19-42(44-23-22-41(47)25-48-26-41)21-20-38(6)31(34(29)42)8-9-33-37(5)15-13-30(36(3,4)32(37)14-16-39(33,38)7)28-10-17-40(24-43,18-11-28)35(45)46/h10,13,29,31-34,44,47H,1,8-9,11-12,14-26H2,2-7H3,(H,45,46)/t29-,31+,32-,33+,34+,37-,38+,39+,40+,42-/m0/s1. The van der Waals surface area contributed by atoms with Crippen LogP contribution in [0.25, 0.3) is 0 Å². The Morgan fingerprint density at radius 3 is 2.31 bits per heavy atom. The van der Waals surface area contributed by atoms with Crippen LogP contribution in [0, 0.1) is 56.7 Å². The number of halogens is 1. The summed E-state index contributed by atoms with van der Waals surface area (Å²) in [6, 6.07) is 0. The summed E-state index contributed by atoms with van der Waals surface area (Å²) >= 11 is 0. The largest absolute Gasteiger partial charge is 0.481 e. The Balaban J connectivity index is 1.16. The first-order valence-electron chi connectivity index (χ1n) is 19.4. The van der Waals surface area contributed by atoms with Gasteiger partial charge < -0.3 is 20.3 Å². The van der Waals surface area contributed by atoms with Gasteiger partial charge in [-0.3, -0.25) is 4.79 Å². The Morgan fingerprint density at radius 1 is 0.958 bits per heavy atom. The number of hydrogen-bond donors (Lipinski definition) is 3. The lowest BCUT2D eigenvalue weighted by Gasteiger charge is -2.72. The van der Waals surface area contributed by atoms with Crippen LogP contribution in [0.3, 0.4) is 0 Å². The minimum absolute atomic E-state index is 0.00542. The highest BCUT2D eigenvalue weighted by atomic mass is 19.1. The normalized spacial score (nSPS) is 47.3.